The molecule has 72 heavy (non-hydrogen) atoms. The molecule has 0 radical (unpaired) electrons. The SMILES string of the molecule is CC(C)C[C@H](NC(=O)[C@@H]1CCCN1C(=O)[C@@H]1CSSCCC(=O)N2CCN(C(=O)[C@H]2Cc2ccccc2)[C@H](Cc2ccccc2)C(=O)N[C@@H](CCC(N)=O)C(=O)N[C@@H](CC(N)=O)C(=O)N1)C(=O)NCC(N)=O. The fraction of sp³-hybridized carbons (Fsp3) is 0.521. The molecule has 11 N–H and O–H groups in total. The Kier molecular flexibility index (Phi) is 21.3. The van der Waals surface area contributed by atoms with Crippen molar-refractivity contribution in [1.82, 2.24) is 41.3 Å². The van der Waals surface area contributed by atoms with Gasteiger partial charge in [0.1, 0.15) is 42.3 Å². The van der Waals surface area contributed by atoms with E-state index in [0.29, 0.717) is 12.0 Å². The zero-order valence-corrected chi connectivity index (χ0v) is 42.0. The summed E-state index contributed by atoms with van der Waals surface area (Å²) in [7, 11) is 2.35. The highest BCUT2D eigenvalue weighted by Crippen LogP contribution is 2.28. The number of hydrogen-bond acceptors (Lipinski definition) is 13. The molecule has 0 saturated carbocycles. The van der Waals surface area contributed by atoms with Crippen molar-refractivity contribution in [2.45, 2.75) is 114 Å². The number of nitrogens with zero attached hydrogens (tertiary/aromatic N) is 3. The number of benzene rings is 2. The van der Waals surface area contributed by atoms with Gasteiger partial charge in [0.05, 0.1) is 13.0 Å². The minimum absolute atomic E-state index is 0.00505. The maximum atomic E-state index is 14.8. The van der Waals surface area contributed by atoms with Gasteiger partial charge in [0.25, 0.3) is 0 Å². The van der Waals surface area contributed by atoms with Gasteiger partial charge in [-0.15, -0.1) is 0 Å². The van der Waals surface area contributed by atoms with E-state index >= 15 is 0 Å². The molecule has 4 fully saturated rings. The molecule has 4 saturated heterocycles. The Balaban J connectivity index is 1.49. The molecular formula is C48H65N11O11S2. The lowest BCUT2D eigenvalue weighted by Crippen LogP contribution is -2.65. The van der Waals surface area contributed by atoms with Gasteiger partial charge in [-0.2, -0.15) is 0 Å². The van der Waals surface area contributed by atoms with Crippen LogP contribution in [0.1, 0.15) is 69.9 Å². The van der Waals surface area contributed by atoms with Gasteiger partial charge in [0.15, 0.2) is 0 Å². The molecule has 4 heterocycles. The van der Waals surface area contributed by atoms with Crippen LogP contribution in [0.4, 0.5) is 0 Å². The largest absolute Gasteiger partial charge is 0.370 e. The van der Waals surface area contributed by atoms with E-state index in [-0.39, 0.29) is 81.5 Å². The number of hydrogen-bond donors (Lipinski definition) is 8. The molecule has 22 nitrogen and oxygen atoms in total. The Hall–Kier alpha value is -6.69. The van der Waals surface area contributed by atoms with Crippen LogP contribution in [0.3, 0.4) is 0 Å². The fourth-order valence-corrected chi connectivity index (χ4v) is 10.9. The van der Waals surface area contributed by atoms with Gasteiger partial charge in [-0.3, -0.25) is 52.7 Å². The summed E-state index contributed by atoms with van der Waals surface area (Å²) < 4.78 is 0. The van der Waals surface area contributed by atoms with Gasteiger partial charge < -0.3 is 58.5 Å². The Morgan fingerprint density at radius 2 is 1.33 bits per heavy atom. The predicted molar refractivity (Wildman–Crippen MR) is 267 cm³/mol. The molecule has 0 aliphatic carbocycles. The number of rotatable bonds is 17. The molecule has 2 aromatic rings. The number of carbonyl (C=O) groups is 11. The number of piperazine rings is 1. The van der Waals surface area contributed by atoms with Gasteiger partial charge in [0, 0.05) is 56.8 Å². The van der Waals surface area contributed by atoms with Crippen LogP contribution in [0.25, 0.3) is 0 Å². The second-order valence-corrected chi connectivity index (χ2v) is 20.9. The maximum Gasteiger partial charge on any atom is 0.246 e. The van der Waals surface area contributed by atoms with Crippen molar-refractivity contribution < 1.29 is 52.7 Å². The van der Waals surface area contributed by atoms with Crippen molar-refractivity contribution in [3.05, 3.63) is 71.8 Å². The molecular weight excluding hydrogens is 971 g/mol. The van der Waals surface area contributed by atoms with E-state index in [1.54, 1.807) is 30.3 Å². The summed E-state index contributed by atoms with van der Waals surface area (Å²) >= 11 is 0. The quantitative estimate of drug-likeness (QED) is 0.0654. The summed E-state index contributed by atoms with van der Waals surface area (Å²) in [6, 6.07) is 8.88. The third-order valence-corrected chi connectivity index (χ3v) is 14.8. The summed E-state index contributed by atoms with van der Waals surface area (Å²) in [5.74, 6) is -8.27. The van der Waals surface area contributed by atoms with Gasteiger partial charge in [-0.25, -0.2) is 0 Å². The molecule has 7 atom stereocenters. The first kappa shape index (κ1) is 56.2. The molecule has 2 aromatic carbocycles. The van der Waals surface area contributed by atoms with Crippen LogP contribution >= 0.6 is 21.6 Å². The minimum atomic E-state index is -1.72. The topological polar surface area (TPSA) is 336 Å². The first-order valence-corrected chi connectivity index (χ1v) is 26.4. The van der Waals surface area contributed by atoms with Crippen LogP contribution < -0.4 is 43.8 Å². The van der Waals surface area contributed by atoms with Crippen LogP contribution in [-0.2, 0) is 65.6 Å². The number of nitrogens with two attached hydrogens (primary N) is 3. The van der Waals surface area contributed by atoms with Crippen LogP contribution in [0.2, 0.25) is 0 Å². The molecule has 24 heteroatoms. The van der Waals surface area contributed by atoms with E-state index in [2.05, 4.69) is 26.6 Å². The predicted octanol–water partition coefficient (Wildman–Crippen LogP) is -1.62. The second kappa shape index (κ2) is 27.2. The van der Waals surface area contributed by atoms with Crippen LogP contribution in [0.15, 0.2) is 60.7 Å². The summed E-state index contributed by atoms with van der Waals surface area (Å²) in [4.78, 5) is 154. The summed E-state index contributed by atoms with van der Waals surface area (Å²) in [6.07, 6.45) is -0.648. The molecule has 11 amide bonds. The Morgan fingerprint density at radius 1 is 0.722 bits per heavy atom. The van der Waals surface area contributed by atoms with E-state index < -0.39 is 121 Å². The normalized spacial score (nSPS) is 23.1. The van der Waals surface area contributed by atoms with Crippen molar-refractivity contribution in [2.24, 2.45) is 23.1 Å². The molecule has 4 aliphatic heterocycles. The molecule has 0 unspecified atom stereocenters. The van der Waals surface area contributed by atoms with Gasteiger partial charge in [-0.05, 0) is 42.7 Å². The zero-order chi connectivity index (χ0) is 52.5. The fourth-order valence-electron chi connectivity index (χ4n) is 8.80. The Morgan fingerprint density at radius 3 is 1.94 bits per heavy atom. The zero-order valence-electron chi connectivity index (χ0n) is 40.4. The smallest absolute Gasteiger partial charge is 0.246 e. The first-order chi connectivity index (χ1) is 34.3. The molecule has 0 spiro atoms. The third kappa shape index (κ3) is 16.4. The average Bonchev–Trinajstić information content (AvgIpc) is 3.84. The molecule has 0 aromatic heterocycles. The maximum absolute atomic E-state index is 14.8. The monoisotopic (exact) mass is 1040 g/mol. The second-order valence-electron chi connectivity index (χ2n) is 18.3. The van der Waals surface area contributed by atoms with Crippen LogP contribution in [0, 0.1) is 5.92 Å². The molecule has 2 bridgehead atoms. The Labute approximate surface area is 425 Å². The van der Waals surface area contributed by atoms with Gasteiger partial charge in [-0.1, -0.05) is 96.1 Å². The van der Waals surface area contributed by atoms with Gasteiger partial charge in [0.2, 0.25) is 65.0 Å². The molecule has 390 valence electrons. The summed E-state index contributed by atoms with van der Waals surface area (Å²) in [5, 5.41) is 12.9. The first-order valence-electron chi connectivity index (χ1n) is 23.9. The van der Waals surface area contributed by atoms with Crippen LogP contribution in [0.5, 0.6) is 0 Å². The van der Waals surface area contributed by atoms with Gasteiger partial charge >= 0.3 is 0 Å². The summed E-state index contributed by atoms with van der Waals surface area (Å²) in [6.45, 7) is 3.33. The Bertz CT molecular complexity index is 2310. The van der Waals surface area contributed by atoms with Crippen molar-refractivity contribution in [1.29, 1.82) is 0 Å². The lowest BCUT2D eigenvalue weighted by Gasteiger charge is -2.44. The lowest BCUT2D eigenvalue weighted by molar-refractivity contribution is -0.156. The summed E-state index contributed by atoms with van der Waals surface area (Å²) in [5.41, 5.74) is 17.7. The third-order valence-electron chi connectivity index (χ3n) is 12.4. The van der Waals surface area contributed by atoms with E-state index in [9.17, 15) is 52.7 Å². The number of amides is 11. The minimum Gasteiger partial charge on any atom is -0.370 e. The number of fused-ring (bicyclic) bond motifs is 17. The van der Waals surface area contributed by atoms with Crippen molar-refractivity contribution >= 4 is 86.6 Å². The highest BCUT2D eigenvalue weighted by Gasteiger charge is 2.44. The lowest BCUT2D eigenvalue weighted by atomic mass is 9.96. The number of nitrogens with one attached hydrogen (secondary N) is 5. The number of primary amides is 3. The van der Waals surface area contributed by atoms with Crippen molar-refractivity contribution in [2.75, 3.05) is 37.7 Å². The number of carbonyl (C=O) groups excluding carboxylic acids is 11. The van der Waals surface area contributed by atoms with E-state index in [0.717, 1.165) is 16.4 Å². The highest BCUT2D eigenvalue weighted by molar-refractivity contribution is 8.76. The van der Waals surface area contributed by atoms with E-state index in [1.165, 1.54) is 25.5 Å². The van der Waals surface area contributed by atoms with Crippen molar-refractivity contribution in [3.8, 4) is 0 Å². The standard InChI is InChI=1S/C48H65N11O11S2/c1-28(2)22-32(42(64)52-26-40(51)62)55-45(67)35-14-9-18-58(35)47(69)34-27-72-71-21-17-41(63)57-19-20-59(48(70)37(57)24-30-12-7-4-8-13-30)36(23-29-10-5-3-6-11-29)46(68)53-31(15-16-38(49)60)43(65)54-33(25-39(50)61)44(66)56-34/h3-8,10-13,28,31-37H,9,14-27H2,1-2H3,(H2,49,60)(H2,50,61)(H2,51,62)(H,52,64)(H,53,68)(H,54,65)(H,55,67)(H,56,66)/t31-,32-,33-,34-,35-,36+,37+/m0/s1. The van der Waals surface area contributed by atoms with E-state index in [1.807, 2.05) is 44.2 Å². The van der Waals surface area contributed by atoms with Crippen LogP contribution in [-0.4, -0.2) is 160 Å². The van der Waals surface area contributed by atoms with E-state index in [4.69, 9.17) is 17.2 Å². The highest BCUT2D eigenvalue weighted by atomic mass is 33.1. The van der Waals surface area contributed by atoms with Crippen molar-refractivity contribution in [3.63, 3.8) is 0 Å². The number of likely N-dealkylation sites (tertiary alicyclic amines) is 1. The molecule has 6 rings (SSSR count). The average molecular weight is 1040 g/mol. The molecule has 4 aliphatic rings.